The molecular formula is C10F23NO2S. The van der Waals surface area contributed by atoms with Gasteiger partial charge in [0.2, 0.25) is 0 Å². The highest BCUT2D eigenvalue weighted by molar-refractivity contribution is 7.90. The molecular weight excluding hydrogens is 635 g/mol. The Morgan fingerprint density at radius 3 is 0.865 bits per heavy atom. The Kier molecular flexibility index (Phi) is 8.01. The quantitative estimate of drug-likeness (QED) is 0.162. The molecule has 0 aromatic heterocycles. The van der Waals surface area contributed by atoms with Crippen LogP contribution in [0.1, 0.15) is 0 Å². The van der Waals surface area contributed by atoms with Crippen LogP contribution < -0.4 is 0 Å². The van der Waals surface area contributed by atoms with Crippen molar-refractivity contribution < 1.29 is 109 Å². The van der Waals surface area contributed by atoms with E-state index in [9.17, 15) is 109 Å². The molecule has 27 heteroatoms. The lowest BCUT2D eigenvalue weighted by Crippen LogP contribution is -2.75. The molecule has 0 aliphatic rings. The second-order valence-electron chi connectivity index (χ2n) is 6.22. The first-order valence-corrected chi connectivity index (χ1v) is 8.71. The summed E-state index contributed by atoms with van der Waals surface area (Å²) < 4.78 is 310. The van der Waals surface area contributed by atoms with Crippen molar-refractivity contribution in [3.8, 4) is 0 Å². The van der Waals surface area contributed by atoms with Gasteiger partial charge in [0, 0.05) is 4.53 Å². The van der Waals surface area contributed by atoms with Crippen molar-refractivity contribution in [2.45, 2.75) is 59.2 Å². The molecule has 0 rings (SSSR count). The van der Waals surface area contributed by atoms with Crippen molar-refractivity contribution in [2.24, 2.45) is 0 Å². The Morgan fingerprint density at radius 1 is 0.378 bits per heavy atom. The van der Waals surface area contributed by atoms with Crippen LogP contribution in [0.15, 0.2) is 0 Å². The van der Waals surface area contributed by atoms with E-state index in [0.717, 1.165) is 0 Å². The number of rotatable bonds is 9. The van der Waals surface area contributed by atoms with E-state index in [1.165, 1.54) is 0 Å². The lowest BCUT2D eigenvalue weighted by Gasteiger charge is -2.42. The van der Waals surface area contributed by atoms with Gasteiger partial charge >= 0.3 is 69.2 Å². The fourth-order valence-corrected chi connectivity index (χ4v) is 2.72. The molecule has 0 heterocycles. The number of alkyl halides is 22. The first kappa shape index (κ1) is 35.3. The second-order valence-corrected chi connectivity index (χ2v) is 8.00. The van der Waals surface area contributed by atoms with Crippen LogP contribution in [-0.4, -0.2) is 72.1 Å². The molecule has 37 heavy (non-hydrogen) atoms. The Bertz CT molecular complexity index is 957. The maximum atomic E-state index is 13.4. The molecule has 0 radical (unpaired) electrons. The van der Waals surface area contributed by atoms with Crippen LogP contribution >= 0.6 is 0 Å². The van der Waals surface area contributed by atoms with Crippen LogP contribution in [-0.2, 0) is 10.0 Å². The van der Waals surface area contributed by atoms with Crippen LogP contribution in [0.2, 0.25) is 0 Å². The standard InChI is InChI=1S/C10F23NO2S/c11-1(12,3(15,16)5(19,20)7(23,24)25)2(13,14)4(17,18)6(21,22)10(31,32)37(35,36)34(33)9(29,30)8(26,27)28. The minimum absolute atomic E-state index is 4.72. The van der Waals surface area contributed by atoms with Crippen LogP contribution in [0.4, 0.5) is 101 Å². The van der Waals surface area contributed by atoms with E-state index in [4.69, 9.17) is 0 Å². The number of sulfonamides is 1. The molecule has 0 saturated carbocycles. The normalized spacial score (nSPS) is 17.0. The van der Waals surface area contributed by atoms with Crippen LogP contribution in [0.3, 0.4) is 0 Å². The zero-order valence-corrected chi connectivity index (χ0v) is 16.2. The molecule has 0 spiro atoms. The van der Waals surface area contributed by atoms with E-state index in [0.29, 0.717) is 0 Å². The summed E-state index contributed by atoms with van der Waals surface area (Å²) in [6.07, 6.45) is -15.9. The summed E-state index contributed by atoms with van der Waals surface area (Å²) in [6, 6.07) is -7.95. The molecule has 0 bridgehead atoms. The van der Waals surface area contributed by atoms with Gasteiger partial charge in [0.25, 0.3) is 0 Å². The molecule has 0 aliphatic heterocycles. The SMILES string of the molecule is O=S(=O)(N(F)C(F)(F)C(F)(F)F)C(F)(F)C(F)(F)C(F)(F)C(F)(F)C(F)(F)C(F)(F)C(F)(F)C(F)(F)F. The summed E-state index contributed by atoms with van der Waals surface area (Å²) in [5, 5.41) is -8.92. The second kappa shape index (κ2) is 8.40. The van der Waals surface area contributed by atoms with Gasteiger partial charge in [-0.15, -0.1) is 4.48 Å². The van der Waals surface area contributed by atoms with Gasteiger partial charge in [-0.3, -0.25) is 0 Å². The van der Waals surface area contributed by atoms with Gasteiger partial charge in [0.1, 0.15) is 0 Å². The maximum Gasteiger partial charge on any atom is 0.472 e. The van der Waals surface area contributed by atoms with Crippen molar-refractivity contribution in [1.29, 1.82) is 0 Å². The van der Waals surface area contributed by atoms with Crippen molar-refractivity contribution in [2.75, 3.05) is 0 Å². The summed E-state index contributed by atoms with van der Waals surface area (Å²) in [6.45, 7) is 0. The number of hydrogen-bond acceptors (Lipinski definition) is 2. The van der Waals surface area contributed by atoms with Gasteiger partial charge in [-0.05, 0) is 0 Å². The highest BCUT2D eigenvalue weighted by Gasteiger charge is 2.96. The average molecular weight is 635 g/mol. The number of halogens is 23. The van der Waals surface area contributed by atoms with Crippen LogP contribution in [0.5, 0.6) is 0 Å². The molecule has 0 unspecified atom stereocenters. The fraction of sp³-hybridized carbons (Fsp3) is 1.00. The van der Waals surface area contributed by atoms with E-state index < -0.39 is 73.7 Å². The predicted octanol–water partition coefficient (Wildman–Crippen LogP) is 6.62. The third kappa shape index (κ3) is 4.29. The van der Waals surface area contributed by atoms with E-state index >= 15 is 0 Å². The smallest absolute Gasteiger partial charge is 0.203 e. The van der Waals surface area contributed by atoms with Gasteiger partial charge in [-0.2, -0.15) is 96.6 Å². The third-order valence-electron chi connectivity index (χ3n) is 3.79. The molecule has 224 valence electrons. The van der Waals surface area contributed by atoms with E-state index in [1.54, 1.807) is 0 Å². The lowest BCUT2D eigenvalue weighted by molar-refractivity contribution is -0.458. The average Bonchev–Trinajstić information content (AvgIpc) is 2.64. The van der Waals surface area contributed by atoms with Gasteiger partial charge in [0.05, 0.1) is 0 Å². The van der Waals surface area contributed by atoms with Crippen molar-refractivity contribution in [1.82, 2.24) is 4.53 Å². The molecule has 0 aromatic carbocycles. The monoisotopic (exact) mass is 635 g/mol. The Labute approximate surface area is 184 Å². The van der Waals surface area contributed by atoms with E-state index in [2.05, 4.69) is 0 Å². The molecule has 0 saturated heterocycles. The van der Waals surface area contributed by atoms with Gasteiger partial charge in [-0.1, -0.05) is 0 Å². The lowest BCUT2D eigenvalue weighted by atomic mass is 9.91. The summed E-state index contributed by atoms with van der Waals surface area (Å²) in [4.78, 5) is 0. The molecule has 0 N–H and O–H groups in total. The highest BCUT2D eigenvalue weighted by atomic mass is 32.2. The summed E-state index contributed by atoms with van der Waals surface area (Å²) in [7, 11) is -9.47. The van der Waals surface area contributed by atoms with Crippen molar-refractivity contribution >= 4 is 10.0 Å². The molecule has 0 atom stereocenters. The van der Waals surface area contributed by atoms with Gasteiger partial charge in [0.15, 0.2) is 0 Å². The van der Waals surface area contributed by atoms with Gasteiger partial charge < -0.3 is 0 Å². The van der Waals surface area contributed by atoms with Crippen molar-refractivity contribution in [3.05, 3.63) is 0 Å². The molecule has 0 amide bonds. The van der Waals surface area contributed by atoms with E-state index in [-0.39, 0.29) is 0 Å². The van der Waals surface area contributed by atoms with Crippen LogP contribution in [0, 0.1) is 0 Å². The molecule has 0 aromatic rings. The van der Waals surface area contributed by atoms with Crippen molar-refractivity contribution in [3.63, 3.8) is 0 Å². The predicted molar refractivity (Wildman–Crippen MR) is 63.6 cm³/mol. The summed E-state index contributed by atoms with van der Waals surface area (Å²) in [5.41, 5.74) is 0. The Hall–Kier alpha value is -1.70. The zero-order chi connectivity index (χ0) is 31.1. The van der Waals surface area contributed by atoms with E-state index in [1.807, 2.05) is 0 Å². The summed E-state index contributed by atoms with van der Waals surface area (Å²) >= 11 is 0. The van der Waals surface area contributed by atoms with Gasteiger partial charge in [-0.25, -0.2) is 8.42 Å². The molecule has 3 nitrogen and oxygen atoms in total. The fourth-order valence-electron chi connectivity index (χ4n) is 1.66. The molecule has 0 fully saturated rings. The maximum absolute atomic E-state index is 13.4. The minimum atomic E-state index is -9.47. The van der Waals surface area contributed by atoms with Crippen LogP contribution in [0.25, 0.3) is 0 Å². The first-order chi connectivity index (χ1) is 15.4. The Balaban J connectivity index is 7.17. The zero-order valence-electron chi connectivity index (χ0n) is 15.4. The largest absolute Gasteiger partial charge is 0.472 e. The third-order valence-corrected chi connectivity index (χ3v) is 5.35. The minimum Gasteiger partial charge on any atom is -0.203 e. The summed E-state index contributed by atoms with van der Waals surface area (Å²) in [5.74, 6) is -54.9. The first-order valence-electron chi connectivity index (χ1n) is 7.27. The Morgan fingerprint density at radius 2 is 0.622 bits per heavy atom. The number of hydrogen-bond donors (Lipinski definition) is 0. The number of nitrogens with zero attached hydrogens (tertiary/aromatic N) is 1. The highest BCUT2D eigenvalue weighted by Crippen LogP contribution is 2.64. The molecule has 0 aliphatic carbocycles. The topological polar surface area (TPSA) is 37.4 Å².